The van der Waals surface area contributed by atoms with Crippen LogP contribution in [0.3, 0.4) is 0 Å². The molecule has 1 N–H and O–H groups in total. The van der Waals surface area contributed by atoms with Crippen molar-refractivity contribution in [1.82, 2.24) is 24.4 Å². The van der Waals surface area contributed by atoms with E-state index in [1.165, 1.54) is 18.0 Å². The molecule has 1 unspecified atom stereocenters. The number of amides is 1. The molecule has 0 saturated carbocycles. The third-order valence-electron chi connectivity index (χ3n) is 5.67. The summed E-state index contributed by atoms with van der Waals surface area (Å²) in [5.74, 6) is 0.0817. The Hall–Kier alpha value is -4.16. The summed E-state index contributed by atoms with van der Waals surface area (Å²) < 4.78 is 3.56. The maximum atomic E-state index is 13.2. The van der Waals surface area contributed by atoms with E-state index in [-0.39, 0.29) is 5.91 Å². The fourth-order valence-electron chi connectivity index (χ4n) is 3.95. The van der Waals surface area contributed by atoms with E-state index < -0.39 is 5.25 Å². The van der Waals surface area contributed by atoms with Crippen LogP contribution in [-0.4, -0.2) is 35.5 Å². The van der Waals surface area contributed by atoms with E-state index in [1.807, 2.05) is 46.9 Å². The van der Waals surface area contributed by atoms with Crippen LogP contribution in [0, 0.1) is 25.2 Å². The first-order valence-corrected chi connectivity index (χ1v) is 11.6. The lowest BCUT2D eigenvalue weighted by Crippen LogP contribution is -2.24. The Morgan fingerprint density at radius 1 is 1.09 bits per heavy atom. The van der Waals surface area contributed by atoms with Crippen LogP contribution in [0.4, 0.5) is 5.82 Å². The van der Waals surface area contributed by atoms with Crippen molar-refractivity contribution in [2.75, 3.05) is 5.32 Å². The highest BCUT2D eigenvalue weighted by atomic mass is 32.2. The van der Waals surface area contributed by atoms with Gasteiger partial charge in [-0.3, -0.25) is 9.20 Å². The second-order valence-corrected chi connectivity index (χ2v) is 9.30. The van der Waals surface area contributed by atoms with Crippen LogP contribution in [-0.2, 0) is 4.79 Å². The van der Waals surface area contributed by atoms with Crippen molar-refractivity contribution in [3.63, 3.8) is 0 Å². The number of carbonyl (C=O) groups is 1. The van der Waals surface area contributed by atoms with Gasteiger partial charge in [-0.05, 0) is 50.1 Å². The number of pyridine rings is 1. The van der Waals surface area contributed by atoms with E-state index >= 15 is 0 Å². The van der Waals surface area contributed by atoms with Gasteiger partial charge in [0, 0.05) is 5.39 Å². The van der Waals surface area contributed by atoms with Crippen molar-refractivity contribution in [2.45, 2.75) is 31.2 Å². The molecule has 1 amide bonds. The lowest BCUT2D eigenvalue weighted by Gasteiger charge is -2.14. The predicted molar refractivity (Wildman–Crippen MR) is 132 cm³/mol. The molecule has 1 atom stereocenters. The van der Waals surface area contributed by atoms with Gasteiger partial charge < -0.3 is 5.32 Å². The molecule has 0 bridgehead atoms. The molecular weight excluding hydrogens is 446 g/mol. The van der Waals surface area contributed by atoms with Crippen LogP contribution in [0.5, 0.6) is 0 Å². The van der Waals surface area contributed by atoms with E-state index in [4.69, 9.17) is 0 Å². The number of nitriles is 1. The molecule has 8 nitrogen and oxygen atoms in total. The summed E-state index contributed by atoms with van der Waals surface area (Å²) in [5.41, 5.74) is 5.05. The van der Waals surface area contributed by atoms with Gasteiger partial charge in [-0.1, -0.05) is 48.2 Å². The molecule has 9 heteroatoms. The lowest BCUT2D eigenvalue weighted by molar-refractivity contribution is -0.115. The number of fused-ring (bicyclic) bond motifs is 3. The van der Waals surface area contributed by atoms with Gasteiger partial charge in [-0.2, -0.15) is 10.4 Å². The van der Waals surface area contributed by atoms with Gasteiger partial charge in [0.1, 0.15) is 11.6 Å². The molecule has 5 aromatic rings. The van der Waals surface area contributed by atoms with E-state index in [0.717, 1.165) is 33.4 Å². The molecule has 3 aromatic heterocycles. The number of hydrogen-bond donors (Lipinski definition) is 1. The van der Waals surface area contributed by atoms with Crippen LogP contribution in [0.1, 0.15) is 23.6 Å². The van der Waals surface area contributed by atoms with Crippen molar-refractivity contribution >= 4 is 40.0 Å². The van der Waals surface area contributed by atoms with E-state index in [0.29, 0.717) is 16.5 Å². The molecular formula is C25H21N7OS. The Balaban J connectivity index is 1.47. The Morgan fingerprint density at radius 2 is 1.88 bits per heavy atom. The third kappa shape index (κ3) is 3.68. The number of carbonyl (C=O) groups excluding carboxylic acids is 1. The lowest BCUT2D eigenvalue weighted by atomic mass is 10.1. The van der Waals surface area contributed by atoms with Crippen LogP contribution >= 0.6 is 11.8 Å². The van der Waals surface area contributed by atoms with E-state index in [2.05, 4.69) is 52.7 Å². The number of benzene rings is 2. The van der Waals surface area contributed by atoms with Crippen LogP contribution in [0.2, 0.25) is 0 Å². The number of para-hydroxylation sites is 2. The standard InChI is InChI=1S/C25H21N7OS/c1-15-8-7-11-20-16(2)12-21-29-30-25(31(21)22(15)20)34-17(3)24(33)28-23-18(13-26)14-27-32(23)19-9-5-4-6-10-19/h4-12,14,17H,1-3H3,(H,28,33). The molecule has 3 heterocycles. The first kappa shape index (κ1) is 21.7. The zero-order valence-electron chi connectivity index (χ0n) is 18.9. The van der Waals surface area contributed by atoms with Crippen molar-refractivity contribution in [3.8, 4) is 11.8 Å². The molecule has 0 fully saturated rings. The van der Waals surface area contributed by atoms with Gasteiger partial charge in [-0.25, -0.2) is 4.68 Å². The Labute approximate surface area is 200 Å². The zero-order valence-corrected chi connectivity index (χ0v) is 19.7. The molecule has 0 radical (unpaired) electrons. The number of rotatable bonds is 5. The highest BCUT2D eigenvalue weighted by Crippen LogP contribution is 2.30. The fraction of sp³-hybridized carbons (Fsp3) is 0.160. The topological polar surface area (TPSA) is 101 Å². The van der Waals surface area contributed by atoms with Crippen molar-refractivity contribution in [3.05, 3.63) is 77.5 Å². The highest BCUT2D eigenvalue weighted by molar-refractivity contribution is 8.00. The fourth-order valence-corrected chi connectivity index (χ4v) is 4.81. The van der Waals surface area contributed by atoms with Gasteiger partial charge >= 0.3 is 0 Å². The normalized spacial score (nSPS) is 12.1. The van der Waals surface area contributed by atoms with E-state index in [9.17, 15) is 10.1 Å². The van der Waals surface area contributed by atoms with Crippen molar-refractivity contribution in [2.24, 2.45) is 0 Å². The Bertz CT molecular complexity index is 1580. The summed E-state index contributed by atoms with van der Waals surface area (Å²) >= 11 is 1.32. The highest BCUT2D eigenvalue weighted by Gasteiger charge is 2.23. The smallest absolute Gasteiger partial charge is 0.238 e. The molecule has 0 aliphatic rings. The van der Waals surface area contributed by atoms with Crippen LogP contribution in [0.15, 0.2) is 66.0 Å². The molecule has 5 rings (SSSR count). The summed E-state index contributed by atoms with van der Waals surface area (Å²) in [6, 6.07) is 19.6. The summed E-state index contributed by atoms with van der Waals surface area (Å²) in [6.45, 7) is 5.92. The minimum atomic E-state index is -0.501. The summed E-state index contributed by atoms with van der Waals surface area (Å²) in [4.78, 5) is 13.2. The Kier molecular flexibility index (Phi) is 5.51. The van der Waals surface area contributed by atoms with E-state index in [1.54, 1.807) is 11.6 Å². The molecule has 0 saturated heterocycles. The predicted octanol–water partition coefficient (Wildman–Crippen LogP) is 4.68. The minimum Gasteiger partial charge on any atom is -0.309 e. The second kappa shape index (κ2) is 8.65. The van der Waals surface area contributed by atoms with Gasteiger partial charge in [0.15, 0.2) is 16.6 Å². The molecule has 0 aliphatic carbocycles. The molecule has 168 valence electrons. The first-order valence-electron chi connectivity index (χ1n) is 10.7. The molecule has 34 heavy (non-hydrogen) atoms. The number of hydrogen-bond acceptors (Lipinski definition) is 6. The van der Waals surface area contributed by atoms with Gasteiger partial charge in [0.05, 0.1) is 22.7 Å². The quantitative estimate of drug-likeness (QED) is 0.377. The number of nitrogens with one attached hydrogen (secondary N) is 1. The van der Waals surface area contributed by atoms with Crippen LogP contribution < -0.4 is 5.32 Å². The summed E-state index contributed by atoms with van der Waals surface area (Å²) in [7, 11) is 0. The average Bonchev–Trinajstić information content (AvgIpc) is 3.43. The minimum absolute atomic E-state index is 0.260. The second-order valence-electron chi connectivity index (χ2n) is 7.99. The molecule has 0 aliphatic heterocycles. The number of aromatic nitrogens is 5. The van der Waals surface area contributed by atoms with Crippen LogP contribution in [0.25, 0.3) is 22.2 Å². The van der Waals surface area contributed by atoms with Crippen molar-refractivity contribution in [1.29, 1.82) is 5.26 Å². The maximum Gasteiger partial charge on any atom is 0.238 e. The number of nitrogens with zero attached hydrogens (tertiary/aromatic N) is 6. The molecule has 0 spiro atoms. The van der Waals surface area contributed by atoms with Gasteiger partial charge in [0.25, 0.3) is 0 Å². The maximum absolute atomic E-state index is 13.2. The SMILES string of the molecule is Cc1cc2nnc(SC(C)C(=O)Nc3c(C#N)cnn3-c3ccccc3)n2c2c(C)cccc12. The summed E-state index contributed by atoms with van der Waals surface area (Å²) in [6.07, 6.45) is 1.45. The monoisotopic (exact) mass is 467 g/mol. The zero-order chi connectivity index (χ0) is 23.8. The third-order valence-corrected chi connectivity index (χ3v) is 6.72. The largest absolute Gasteiger partial charge is 0.309 e. The summed E-state index contributed by atoms with van der Waals surface area (Å²) in [5, 5.41) is 26.7. The van der Waals surface area contributed by atoms with Gasteiger partial charge in [-0.15, -0.1) is 10.2 Å². The number of aryl methyl sites for hydroxylation is 2. The van der Waals surface area contributed by atoms with Crippen molar-refractivity contribution < 1.29 is 4.79 Å². The average molecular weight is 468 g/mol. The Morgan fingerprint density at radius 3 is 2.65 bits per heavy atom. The first-order chi connectivity index (χ1) is 16.5. The van der Waals surface area contributed by atoms with Gasteiger partial charge in [0.2, 0.25) is 5.91 Å². The number of anilines is 1. The molecule has 2 aromatic carbocycles. The number of thioether (sulfide) groups is 1.